The molecule has 0 radical (unpaired) electrons. The first kappa shape index (κ1) is 16.3. The van der Waals surface area contributed by atoms with Crippen LogP contribution < -0.4 is 10.6 Å². The normalized spacial score (nSPS) is 12.0. The number of urea groups is 1. The van der Waals surface area contributed by atoms with Crippen molar-refractivity contribution >= 4 is 17.6 Å². The van der Waals surface area contributed by atoms with Crippen LogP contribution in [0.1, 0.15) is 17.3 Å². The summed E-state index contributed by atoms with van der Waals surface area (Å²) >= 11 is 5.88. The standard InChI is InChI=1S/C15H19ClN4O2/c1-20-13(7-8-18-20)9-17-15(21)19-14(10-22-2)11-3-5-12(16)6-4-11/h3-8,14H,9-10H2,1-2H3,(H2,17,19,21)/t14-/m0/s1. The Hall–Kier alpha value is -2.05. The lowest BCUT2D eigenvalue weighted by Gasteiger charge is -2.19. The minimum absolute atomic E-state index is 0.242. The van der Waals surface area contributed by atoms with Crippen LogP contribution in [0.5, 0.6) is 0 Å². The quantitative estimate of drug-likeness (QED) is 0.857. The molecule has 1 atom stereocenters. The molecule has 2 rings (SSSR count). The van der Waals surface area contributed by atoms with E-state index < -0.39 is 0 Å². The van der Waals surface area contributed by atoms with E-state index >= 15 is 0 Å². The summed E-state index contributed by atoms with van der Waals surface area (Å²) in [5, 5.41) is 10.4. The number of hydrogen-bond acceptors (Lipinski definition) is 3. The van der Waals surface area contributed by atoms with E-state index in [9.17, 15) is 4.79 Å². The van der Waals surface area contributed by atoms with Crippen molar-refractivity contribution < 1.29 is 9.53 Å². The summed E-state index contributed by atoms with van der Waals surface area (Å²) < 4.78 is 6.88. The van der Waals surface area contributed by atoms with Crippen LogP contribution in [0.25, 0.3) is 0 Å². The average molecular weight is 323 g/mol. The van der Waals surface area contributed by atoms with Gasteiger partial charge >= 0.3 is 6.03 Å². The van der Waals surface area contributed by atoms with E-state index in [2.05, 4.69) is 15.7 Å². The molecule has 2 N–H and O–H groups in total. The van der Waals surface area contributed by atoms with Gasteiger partial charge in [-0.3, -0.25) is 4.68 Å². The summed E-state index contributed by atoms with van der Waals surface area (Å²) in [6, 6.07) is 8.66. The van der Waals surface area contributed by atoms with E-state index in [1.54, 1.807) is 30.1 Å². The van der Waals surface area contributed by atoms with Crippen molar-refractivity contribution in [3.63, 3.8) is 0 Å². The molecule has 0 spiro atoms. The number of benzene rings is 1. The van der Waals surface area contributed by atoms with Crippen LogP contribution in [-0.4, -0.2) is 29.5 Å². The van der Waals surface area contributed by atoms with E-state index in [-0.39, 0.29) is 12.1 Å². The van der Waals surface area contributed by atoms with Crippen molar-refractivity contribution in [1.29, 1.82) is 0 Å². The average Bonchev–Trinajstić information content (AvgIpc) is 2.91. The van der Waals surface area contributed by atoms with Crippen LogP contribution in [0.3, 0.4) is 0 Å². The molecule has 1 heterocycles. The molecule has 1 aromatic heterocycles. The fourth-order valence-electron chi connectivity index (χ4n) is 2.04. The lowest BCUT2D eigenvalue weighted by Crippen LogP contribution is -2.39. The molecule has 0 fully saturated rings. The van der Waals surface area contributed by atoms with Crippen molar-refractivity contribution in [2.45, 2.75) is 12.6 Å². The third kappa shape index (κ3) is 4.47. The van der Waals surface area contributed by atoms with Gasteiger partial charge in [-0.1, -0.05) is 23.7 Å². The number of aromatic nitrogens is 2. The molecule has 1 aromatic carbocycles. The third-order valence-corrected chi connectivity index (χ3v) is 3.52. The van der Waals surface area contributed by atoms with Gasteiger partial charge in [-0.15, -0.1) is 0 Å². The number of aryl methyl sites for hydroxylation is 1. The summed E-state index contributed by atoms with van der Waals surface area (Å²) in [7, 11) is 3.43. The molecule has 22 heavy (non-hydrogen) atoms. The fourth-order valence-corrected chi connectivity index (χ4v) is 2.16. The Bertz CT molecular complexity index is 612. The minimum Gasteiger partial charge on any atom is -0.382 e. The van der Waals surface area contributed by atoms with Gasteiger partial charge in [-0.2, -0.15) is 5.10 Å². The molecule has 6 nitrogen and oxygen atoms in total. The van der Waals surface area contributed by atoms with Gasteiger partial charge in [-0.05, 0) is 23.8 Å². The third-order valence-electron chi connectivity index (χ3n) is 3.26. The van der Waals surface area contributed by atoms with Crippen molar-refractivity contribution in [2.24, 2.45) is 7.05 Å². The van der Waals surface area contributed by atoms with E-state index in [0.717, 1.165) is 11.3 Å². The zero-order valence-electron chi connectivity index (χ0n) is 12.5. The Labute approximate surface area is 134 Å². The summed E-state index contributed by atoms with van der Waals surface area (Å²) in [6.45, 7) is 0.781. The van der Waals surface area contributed by atoms with Crippen molar-refractivity contribution in [2.75, 3.05) is 13.7 Å². The molecule has 0 aliphatic rings. The summed E-state index contributed by atoms with van der Waals surface area (Å²) in [4.78, 5) is 12.0. The van der Waals surface area contributed by atoms with Gasteiger partial charge in [-0.25, -0.2) is 4.79 Å². The minimum atomic E-state index is -0.266. The lowest BCUT2D eigenvalue weighted by atomic mass is 10.1. The van der Waals surface area contributed by atoms with E-state index in [0.29, 0.717) is 18.2 Å². The SMILES string of the molecule is COC[C@H](NC(=O)NCc1ccnn1C)c1ccc(Cl)cc1. The van der Waals surface area contributed by atoms with Crippen LogP contribution in [0.4, 0.5) is 4.79 Å². The fraction of sp³-hybridized carbons (Fsp3) is 0.333. The Morgan fingerprint density at radius 1 is 1.36 bits per heavy atom. The lowest BCUT2D eigenvalue weighted by molar-refractivity contribution is 0.166. The van der Waals surface area contributed by atoms with Gasteiger partial charge in [0.25, 0.3) is 0 Å². The van der Waals surface area contributed by atoms with Gasteiger partial charge in [0.2, 0.25) is 0 Å². The first-order valence-corrected chi connectivity index (χ1v) is 7.23. The number of nitrogens with one attached hydrogen (secondary N) is 2. The van der Waals surface area contributed by atoms with Crippen LogP contribution >= 0.6 is 11.6 Å². The molecule has 0 unspecified atom stereocenters. The van der Waals surface area contributed by atoms with Gasteiger partial charge < -0.3 is 15.4 Å². The number of halogens is 1. The Morgan fingerprint density at radius 3 is 2.68 bits per heavy atom. The second-order valence-corrected chi connectivity index (χ2v) is 5.27. The highest BCUT2D eigenvalue weighted by molar-refractivity contribution is 6.30. The predicted octanol–water partition coefficient (Wildman–Crippen LogP) is 2.26. The number of rotatable bonds is 6. The van der Waals surface area contributed by atoms with Crippen molar-refractivity contribution in [1.82, 2.24) is 20.4 Å². The second kappa shape index (κ2) is 7.82. The first-order valence-electron chi connectivity index (χ1n) is 6.86. The van der Waals surface area contributed by atoms with Crippen LogP contribution in [-0.2, 0) is 18.3 Å². The van der Waals surface area contributed by atoms with E-state index in [1.807, 2.05) is 25.2 Å². The largest absolute Gasteiger partial charge is 0.382 e. The van der Waals surface area contributed by atoms with Crippen LogP contribution in [0.2, 0.25) is 5.02 Å². The maximum atomic E-state index is 12.0. The summed E-state index contributed by atoms with van der Waals surface area (Å²) in [6.07, 6.45) is 1.69. The van der Waals surface area contributed by atoms with Gasteiger partial charge in [0, 0.05) is 25.4 Å². The number of carbonyl (C=O) groups excluding carboxylic acids is 1. The molecule has 7 heteroatoms. The molecular formula is C15H19ClN4O2. The molecule has 0 saturated carbocycles. The number of ether oxygens (including phenoxy) is 1. The maximum absolute atomic E-state index is 12.0. The van der Waals surface area contributed by atoms with Crippen LogP contribution in [0, 0.1) is 0 Å². The molecule has 2 aromatic rings. The van der Waals surface area contributed by atoms with Gasteiger partial charge in [0.15, 0.2) is 0 Å². The molecular weight excluding hydrogens is 304 g/mol. The van der Waals surface area contributed by atoms with Crippen molar-refractivity contribution in [3.8, 4) is 0 Å². The maximum Gasteiger partial charge on any atom is 0.315 e. The van der Waals surface area contributed by atoms with Gasteiger partial charge in [0.1, 0.15) is 0 Å². The molecule has 0 aliphatic heterocycles. The van der Waals surface area contributed by atoms with E-state index in [4.69, 9.17) is 16.3 Å². The number of nitrogens with zero attached hydrogens (tertiary/aromatic N) is 2. The molecule has 0 saturated heterocycles. The Morgan fingerprint density at radius 2 is 2.09 bits per heavy atom. The summed E-state index contributed by atoms with van der Waals surface area (Å²) in [5.74, 6) is 0. The molecule has 118 valence electrons. The zero-order chi connectivity index (χ0) is 15.9. The van der Waals surface area contributed by atoms with Crippen molar-refractivity contribution in [3.05, 3.63) is 52.8 Å². The van der Waals surface area contributed by atoms with Crippen LogP contribution in [0.15, 0.2) is 36.5 Å². The topological polar surface area (TPSA) is 68.2 Å². The predicted molar refractivity (Wildman–Crippen MR) is 84.6 cm³/mol. The Kier molecular flexibility index (Phi) is 5.80. The van der Waals surface area contributed by atoms with Gasteiger partial charge in [0.05, 0.1) is 24.9 Å². The monoisotopic (exact) mass is 322 g/mol. The Balaban J connectivity index is 1.94. The highest BCUT2D eigenvalue weighted by atomic mass is 35.5. The van der Waals surface area contributed by atoms with E-state index in [1.165, 1.54) is 0 Å². The highest BCUT2D eigenvalue weighted by Crippen LogP contribution is 2.16. The molecule has 0 bridgehead atoms. The summed E-state index contributed by atoms with van der Waals surface area (Å²) in [5.41, 5.74) is 1.85. The molecule has 2 amide bonds. The smallest absolute Gasteiger partial charge is 0.315 e. The zero-order valence-corrected chi connectivity index (χ0v) is 13.3. The molecule has 0 aliphatic carbocycles. The number of amides is 2. The first-order chi connectivity index (χ1) is 10.6. The highest BCUT2D eigenvalue weighted by Gasteiger charge is 2.14. The number of hydrogen-bond donors (Lipinski definition) is 2. The second-order valence-electron chi connectivity index (χ2n) is 4.83. The number of methoxy groups -OCH3 is 1. The number of carbonyl (C=O) groups is 1.